The van der Waals surface area contributed by atoms with E-state index in [1.165, 1.54) is 0 Å². The third-order valence-corrected chi connectivity index (χ3v) is 5.85. The molecule has 6 heteroatoms. The molecule has 0 radical (unpaired) electrons. The van der Waals surface area contributed by atoms with E-state index in [1.54, 1.807) is 18.2 Å². The van der Waals surface area contributed by atoms with Crippen molar-refractivity contribution >= 4 is 26.7 Å². The molecule has 0 spiro atoms. The summed E-state index contributed by atoms with van der Waals surface area (Å²) in [6.07, 6.45) is 4.51. The quantitative estimate of drug-likeness (QED) is 0.844. The molecule has 0 unspecified atom stereocenters. The van der Waals surface area contributed by atoms with Crippen molar-refractivity contribution in [3.8, 4) is 0 Å². The number of hydrogen-bond acceptors (Lipinski definition) is 3. The van der Waals surface area contributed by atoms with Crippen molar-refractivity contribution in [3.05, 3.63) is 42.5 Å². The molecule has 2 aromatic rings. The summed E-state index contributed by atoms with van der Waals surface area (Å²) in [5, 5.41) is 4.82. The maximum Gasteiger partial charge on any atom is 0.240 e. The normalized spacial score (nSPS) is 15.7. The molecule has 0 bridgehead atoms. The Hall–Kier alpha value is -1.92. The summed E-state index contributed by atoms with van der Waals surface area (Å²) >= 11 is 0. The topological polar surface area (TPSA) is 75.3 Å². The number of benzene rings is 2. The first-order chi connectivity index (χ1) is 11.5. The Morgan fingerprint density at radius 2 is 1.75 bits per heavy atom. The predicted octanol–water partition coefficient (Wildman–Crippen LogP) is 2.57. The Balaban J connectivity index is 1.57. The Kier molecular flexibility index (Phi) is 5.16. The third-order valence-electron chi connectivity index (χ3n) is 4.40. The molecular formula is C18H22N2O3S. The van der Waals surface area contributed by atoms with Gasteiger partial charge in [0, 0.05) is 19.0 Å². The number of rotatable bonds is 6. The second-order valence-corrected chi connectivity index (χ2v) is 7.97. The zero-order valence-electron chi connectivity index (χ0n) is 13.5. The molecule has 0 aliphatic heterocycles. The highest BCUT2D eigenvalue weighted by Crippen LogP contribution is 2.19. The predicted molar refractivity (Wildman–Crippen MR) is 94.2 cm³/mol. The van der Waals surface area contributed by atoms with Crippen LogP contribution >= 0.6 is 0 Å². The minimum Gasteiger partial charge on any atom is -0.353 e. The number of fused-ring (bicyclic) bond motifs is 1. The maximum atomic E-state index is 12.4. The summed E-state index contributed by atoms with van der Waals surface area (Å²) in [6, 6.07) is 12.9. The van der Waals surface area contributed by atoms with Gasteiger partial charge in [-0.2, -0.15) is 0 Å². The van der Waals surface area contributed by atoms with Crippen LogP contribution in [0.25, 0.3) is 10.8 Å². The molecule has 3 rings (SSSR count). The number of carbonyl (C=O) groups excluding carboxylic acids is 1. The Bertz CT molecular complexity index is 827. The van der Waals surface area contributed by atoms with Gasteiger partial charge >= 0.3 is 0 Å². The Morgan fingerprint density at radius 3 is 2.50 bits per heavy atom. The van der Waals surface area contributed by atoms with Crippen LogP contribution in [0.1, 0.15) is 32.1 Å². The van der Waals surface area contributed by atoms with E-state index in [9.17, 15) is 13.2 Å². The van der Waals surface area contributed by atoms with Gasteiger partial charge in [0.25, 0.3) is 0 Å². The smallest absolute Gasteiger partial charge is 0.240 e. The molecule has 1 saturated carbocycles. The molecule has 1 aliphatic carbocycles. The van der Waals surface area contributed by atoms with Gasteiger partial charge in [0.15, 0.2) is 0 Å². The van der Waals surface area contributed by atoms with Crippen LogP contribution in [0.15, 0.2) is 47.4 Å². The van der Waals surface area contributed by atoms with Gasteiger partial charge in [0.05, 0.1) is 4.90 Å². The van der Waals surface area contributed by atoms with Crippen LogP contribution in [0.4, 0.5) is 0 Å². The molecule has 5 nitrogen and oxygen atoms in total. The standard InChI is InChI=1S/C18H22N2O3S/c21-18(20-16-7-3-4-8-16)11-12-19-24(22,23)17-10-9-14-5-1-2-6-15(14)13-17/h1-2,5-6,9-10,13,16,19H,3-4,7-8,11-12H2,(H,20,21). The van der Waals surface area contributed by atoms with E-state index in [2.05, 4.69) is 10.0 Å². The molecule has 0 aromatic heterocycles. The molecule has 24 heavy (non-hydrogen) atoms. The van der Waals surface area contributed by atoms with Crippen molar-refractivity contribution in [2.75, 3.05) is 6.54 Å². The monoisotopic (exact) mass is 346 g/mol. The van der Waals surface area contributed by atoms with E-state index in [-0.39, 0.29) is 29.8 Å². The van der Waals surface area contributed by atoms with Crippen LogP contribution in [0.2, 0.25) is 0 Å². The minimum absolute atomic E-state index is 0.0943. The van der Waals surface area contributed by atoms with Crippen molar-refractivity contribution in [1.82, 2.24) is 10.0 Å². The van der Waals surface area contributed by atoms with Gasteiger partial charge in [0.1, 0.15) is 0 Å². The maximum absolute atomic E-state index is 12.4. The number of sulfonamides is 1. The molecule has 0 saturated heterocycles. The van der Waals surface area contributed by atoms with Gasteiger partial charge in [-0.3, -0.25) is 4.79 Å². The van der Waals surface area contributed by atoms with E-state index >= 15 is 0 Å². The summed E-state index contributed by atoms with van der Waals surface area (Å²) in [5.74, 6) is -0.0943. The molecule has 2 aromatic carbocycles. The van der Waals surface area contributed by atoms with Crippen LogP contribution in [-0.2, 0) is 14.8 Å². The summed E-state index contributed by atoms with van der Waals surface area (Å²) in [6.45, 7) is 0.105. The van der Waals surface area contributed by atoms with E-state index in [4.69, 9.17) is 0 Å². The fourth-order valence-corrected chi connectivity index (χ4v) is 4.15. The molecule has 2 N–H and O–H groups in total. The van der Waals surface area contributed by atoms with Crippen molar-refractivity contribution in [2.24, 2.45) is 0 Å². The van der Waals surface area contributed by atoms with Gasteiger partial charge in [-0.15, -0.1) is 0 Å². The molecule has 0 atom stereocenters. The molecule has 1 aliphatic rings. The lowest BCUT2D eigenvalue weighted by Crippen LogP contribution is -2.35. The molecule has 1 amide bonds. The van der Waals surface area contributed by atoms with Crippen molar-refractivity contribution in [3.63, 3.8) is 0 Å². The highest BCUT2D eigenvalue weighted by molar-refractivity contribution is 7.89. The Labute approximate surface area is 142 Å². The lowest BCUT2D eigenvalue weighted by Gasteiger charge is -2.12. The zero-order chi connectivity index (χ0) is 17.0. The average molecular weight is 346 g/mol. The lowest BCUT2D eigenvalue weighted by molar-refractivity contribution is -0.121. The van der Waals surface area contributed by atoms with Gasteiger partial charge in [-0.25, -0.2) is 13.1 Å². The van der Waals surface area contributed by atoms with Crippen molar-refractivity contribution in [2.45, 2.75) is 43.0 Å². The first-order valence-electron chi connectivity index (χ1n) is 8.32. The SMILES string of the molecule is O=C(CCNS(=O)(=O)c1ccc2ccccc2c1)NC1CCCC1. The van der Waals surface area contributed by atoms with Crippen LogP contribution in [0.3, 0.4) is 0 Å². The van der Waals surface area contributed by atoms with E-state index in [0.29, 0.717) is 0 Å². The first kappa shape index (κ1) is 16.9. The van der Waals surface area contributed by atoms with E-state index in [0.717, 1.165) is 36.5 Å². The number of nitrogens with one attached hydrogen (secondary N) is 2. The van der Waals surface area contributed by atoms with Gasteiger partial charge in [-0.05, 0) is 35.7 Å². The second-order valence-electron chi connectivity index (χ2n) is 6.21. The summed E-state index contributed by atoms with van der Waals surface area (Å²) in [7, 11) is -3.60. The van der Waals surface area contributed by atoms with E-state index < -0.39 is 10.0 Å². The van der Waals surface area contributed by atoms with Crippen LogP contribution in [-0.4, -0.2) is 26.9 Å². The molecule has 128 valence electrons. The van der Waals surface area contributed by atoms with Crippen molar-refractivity contribution < 1.29 is 13.2 Å². The van der Waals surface area contributed by atoms with Gasteiger partial charge in [-0.1, -0.05) is 43.2 Å². The average Bonchev–Trinajstić information content (AvgIpc) is 3.07. The first-order valence-corrected chi connectivity index (χ1v) is 9.81. The minimum atomic E-state index is -3.60. The second kappa shape index (κ2) is 7.32. The van der Waals surface area contributed by atoms with Gasteiger partial charge in [0.2, 0.25) is 15.9 Å². The van der Waals surface area contributed by atoms with Crippen molar-refractivity contribution in [1.29, 1.82) is 0 Å². The molecular weight excluding hydrogens is 324 g/mol. The molecule has 1 fully saturated rings. The molecule has 0 heterocycles. The summed E-state index contributed by atoms with van der Waals surface area (Å²) in [4.78, 5) is 12.1. The highest BCUT2D eigenvalue weighted by Gasteiger charge is 2.18. The third kappa shape index (κ3) is 4.13. The fraction of sp³-hybridized carbons (Fsp3) is 0.389. The Morgan fingerprint density at radius 1 is 1.04 bits per heavy atom. The van der Waals surface area contributed by atoms with Crippen LogP contribution in [0, 0.1) is 0 Å². The van der Waals surface area contributed by atoms with Crippen LogP contribution in [0.5, 0.6) is 0 Å². The summed E-state index contributed by atoms with van der Waals surface area (Å²) in [5.41, 5.74) is 0. The number of carbonyl (C=O) groups is 1. The largest absolute Gasteiger partial charge is 0.353 e. The highest BCUT2D eigenvalue weighted by atomic mass is 32.2. The number of hydrogen-bond donors (Lipinski definition) is 2. The fourth-order valence-electron chi connectivity index (χ4n) is 3.09. The number of amides is 1. The lowest BCUT2D eigenvalue weighted by atomic mass is 10.1. The van der Waals surface area contributed by atoms with Gasteiger partial charge < -0.3 is 5.32 Å². The summed E-state index contributed by atoms with van der Waals surface area (Å²) < 4.78 is 27.2. The van der Waals surface area contributed by atoms with E-state index in [1.807, 2.05) is 24.3 Å². The van der Waals surface area contributed by atoms with Crippen LogP contribution < -0.4 is 10.0 Å². The zero-order valence-corrected chi connectivity index (χ0v) is 14.3.